The molecule has 1 aromatic rings. The first-order chi connectivity index (χ1) is 8.18. The molecule has 0 saturated heterocycles. The fourth-order valence-electron chi connectivity index (χ4n) is 1.76. The average molecular weight is 257 g/mol. The third kappa shape index (κ3) is 2.86. The molecule has 17 heavy (non-hydrogen) atoms. The molecule has 4 heteroatoms. The van der Waals surface area contributed by atoms with Gasteiger partial charge in [-0.25, -0.2) is 0 Å². The maximum atomic E-state index is 12.3. The van der Waals surface area contributed by atoms with Crippen LogP contribution in [0.15, 0.2) is 41.4 Å². The van der Waals surface area contributed by atoms with E-state index >= 15 is 0 Å². The van der Waals surface area contributed by atoms with E-state index in [0.29, 0.717) is 10.6 Å². The maximum Gasteiger partial charge on any atom is 0.387 e. The number of halogens is 3. The second kappa shape index (κ2) is 5.32. The molecule has 2 rings (SSSR count). The number of hydrogen-bond donors (Lipinski definition) is 0. The summed E-state index contributed by atoms with van der Waals surface area (Å²) in [6.45, 7) is -2.83. The van der Waals surface area contributed by atoms with Crippen molar-refractivity contribution in [3.8, 4) is 5.75 Å². The second-order valence-electron chi connectivity index (χ2n) is 3.63. The fraction of sp³-hybridized carbons (Fsp3) is 0.231. The van der Waals surface area contributed by atoms with Gasteiger partial charge in [-0.15, -0.1) is 0 Å². The van der Waals surface area contributed by atoms with Crippen LogP contribution in [0, 0.1) is 0 Å². The number of allylic oxidation sites excluding steroid dienone is 4. The number of para-hydroxylation sites is 1. The van der Waals surface area contributed by atoms with E-state index in [1.54, 1.807) is 18.2 Å². The molecule has 1 nitrogen and oxygen atoms in total. The number of hydrogen-bond acceptors (Lipinski definition) is 1. The van der Waals surface area contributed by atoms with Gasteiger partial charge in [0.05, 0.1) is 0 Å². The Morgan fingerprint density at radius 1 is 1.24 bits per heavy atom. The lowest BCUT2D eigenvalue weighted by Crippen LogP contribution is -2.04. The molecule has 0 N–H and O–H groups in total. The highest BCUT2D eigenvalue weighted by Crippen LogP contribution is 2.35. The van der Waals surface area contributed by atoms with E-state index in [2.05, 4.69) is 4.74 Å². The van der Waals surface area contributed by atoms with Crippen molar-refractivity contribution in [2.45, 2.75) is 19.5 Å². The molecule has 0 unspecified atom stereocenters. The third-order valence-electron chi connectivity index (χ3n) is 2.50. The van der Waals surface area contributed by atoms with Crippen molar-refractivity contribution in [2.75, 3.05) is 0 Å². The summed E-state index contributed by atoms with van der Waals surface area (Å²) in [5.41, 5.74) is 1.36. The largest absolute Gasteiger partial charge is 0.434 e. The molecule has 0 aromatic heterocycles. The van der Waals surface area contributed by atoms with Crippen LogP contribution in [0.1, 0.15) is 18.4 Å². The van der Waals surface area contributed by atoms with E-state index < -0.39 is 6.61 Å². The van der Waals surface area contributed by atoms with E-state index in [4.69, 9.17) is 11.6 Å². The first-order valence-corrected chi connectivity index (χ1v) is 5.65. The smallest absolute Gasteiger partial charge is 0.387 e. The van der Waals surface area contributed by atoms with Gasteiger partial charge in [-0.2, -0.15) is 8.78 Å². The highest BCUT2D eigenvalue weighted by atomic mass is 35.5. The summed E-state index contributed by atoms with van der Waals surface area (Å²) in [6.07, 6.45) is 5.43. The van der Waals surface area contributed by atoms with Crippen molar-refractivity contribution in [3.05, 3.63) is 47.0 Å². The summed E-state index contributed by atoms with van der Waals surface area (Å²) in [5.74, 6) is 0.155. The van der Waals surface area contributed by atoms with Crippen molar-refractivity contribution in [1.29, 1.82) is 0 Å². The first-order valence-electron chi connectivity index (χ1n) is 5.28. The predicted octanol–water partition coefficient (Wildman–Crippen LogP) is 4.59. The molecule has 0 radical (unpaired) electrons. The van der Waals surface area contributed by atoms with Gasteiger partial charge < -0.3 is 4.74 Å². The van der Waals surface area contributed by atoms with Crippen molar-refractivity contribution >= 4 is 17.2 Å². The van der Waals surface area contributed by atoms with Crippen LogP contribution < -0.4 is 4.74 Å². The maximum absolute atomic E-state index is 12.3. The SMILES string of the molecule is FC(F)Oc1ccccc1C1=C(Cl)CCC=C1. The number of alkyl halides is 2. The van der Waals surface area contributed by atoms with E-state index in [1.807, 2.05) is 12.2 Å². The number of benzene rings is 1. The molecule has 0 fully saturated rings. The van der Waals surface area contributed by atoms with E-state index in [-0.39, 0.29) is 5.75 Å². The molecule has 0 aliphatic heterocycles. The van der Waals surface area contributed by atoms with E-state index in [0.717, 1.165) is 18.4 Å². The molecule has 1 aromatic carbocycles. The normalized spacial score (nSPS) is 15.5. The minimum Gasteiger partial charge on any atom is -0.434 e. The Morgan fingerprint density at radius 2 is 2.00 bits per heavy atom. The third-order valence-corrected chi connectivity index (χ3v) is 2.89. The predicted molar refractivity (Wildman–Crippen MR) is 64.2 cm³/mol. The van der Waals surface area contributed by atoms with Gasteiger partial charge in [0.15, 0.2) is 0 Å². The minimum absolute atomic E-state index is 0.155. The summed E-state index contributed by atoms with van der Waals surface area (Å²) in [5, 5.41) is 0.679. The molecule has 0 saturated carbocycles. The van der Waals surface area contributed by atoms with Crippen molar-refractivity contribution in [3.63, 3.8) is 0 Å². The summed E-state index contributed by atoms with van der Waals surface area (Å²) in [6, 6.07) is 6.67. The van der Waals surface area contributed by atoms with Gasteiger partial charge in [0.1, 0.15) is 5.75 Å². The summed E-state index contributed by atoms with van der Waals surface area (Å²) in [4.78, 5) is 0. The lowest BCUT2D eigenvalue weighted by molar-refractivity contribution is -0.0500. The van der Waals surface area contributed by atoms with Crippen LogP contribution in [0.5, 0.6) is 5.75 Å². The average Bonchev–Trinajstić information content (AvgIpc) is 2.30. The highest BCUT2D eigenvalue weighted by Gasteiger charge is 2.15. The Hall–Kier alpha value is -1.35. The first kappa shape index (κ1) is 12.1. The lowest BCUT2D eigenvalue weighted by atomic mass is 9.98. The zero-order valence-corrected chi connectivity index (χ0v) is 9.75. The van der Waals surface area contributed by atoms with Crippen LogP contribution in [0.4, 0.5) is 8.78 Å². The standard InChI is InChI=1S/C13H11ClF2O/c14-11-7-3-1-5-9(11)10-6-2-4-8-12(10)17-13(15)16/h1-2,4-6,8,13H,3,7H2. The Kier molecular flexibility index (Phi) is 3.79. The van der Waals surface area contributed by atoms with Crippen LogP contribution in [0.3, 0.4) is 0 Å². The molecule has 1 aliphatic rings. The Labute approximate surface area is 103 Å². The molecule has 0 atom stereocenters. The molecule has 1 aliphatic carbocycles. The topological polar surface area (TPSA) is 9.23 Å². The van der Waals surface area contributed by atoms with E-state index in [9.17, 15) is 8.78 Å². The molecule has 0 bridgehead atoms. The Bertz CT molecular complexity index is 466. The van der Waals surface area contributed by atoms with Gasteiger partial charge in [-0.3, -0.25) is 0 Å². The fourth-order valence-corrected chi connectivity index (χ4v) is 2.03. The van der Waals surface area contributed by atoms with Crippen LogP contribution >= 0.6 is 11.6 Å². The molecule has 0 spiro atoms. The molecular formula is C13H11ClF2O. The van der Waals surface area contributed by atoms with Gasteiger partial charge in [-0.1, -0.05) is 42.0 Å². The summed E-state index contributed by atoms with van der Waals surface area (Å²) in [7, 11) is 0. The Morgan fingerprint density at radius 3 is 2.71 bits per heavy atom. The molecule has 0 amide bonds. The van der Waals surface area contributed by atoms with Gasteiger partial charge in [0.25, 0.3) is 0 Å². The zero-order valence-electron chi connectivity index (χ0n) is 9.00. The van der Waals surface area contributed by atoms with E-state index in [1.165, 1.54) is 6.07 Å². The molecule has 90 valence electrons. The summed E-state index contributed by atoms with van der Waals surface area (Å²) < 4.78 is 29.0. The van der Waals surface area contributed by atoms with Gasteiger partial charge in [0, 0.05) is 10.6 Å². The van der Waals surface area contributed by atoms with Crippen LogP contribution in [-0.2, 0) is 0 Å². The molecular weight excluding hydrogens is 246 g/mol. The monoisotopic (exact) mass is 256 g/mol. The van der Waals surface area contributed by atoms with Crippen LogP contribution in [-0.4, -0.2) is 6.61 Å². The van der Waals surface area contributed by atoms with Gasteiger partial charge >= 0.3 is 6.61 Å². The van der Waals surface area contributed by atoms with Gasteiger partial charge in [-0.05, 0) is 24.5 Å². The lowest BCUT2D eigenvalue weighted by Gasteiger charge is -2.15. The minimum atomic E-state index is -2.83. The number of rotatable bonds is 3. The van der Waals surface area contributed by atoms with Gasteiger partial charge in [0.2, 0.25) is 0 Å². The second-order valence-corrected chi connectivity index (χ2v) is 4.09. The van der Waals surface area contributed by atoms with Crippen molar-refractivity contribution in [1.82, 2.24) is 0 Å². The van der Waals surface area contributed by atoms with Crippen molar-refractivity contribution < 1.29 is 13.5 Å². The van der Waals surface area contributed by atoms with Crippen molar-refractivity contribution in [2.24, 2.45) is 0 Å². The summed E-state index contributed by atoms with van der Waals surface area (Å²) >= 11 is 6.11. The van der Waals surface area contributed by atoms with Crippen LogP contribution in [0.25, 0.3) is 5.57 Å². The van der Waals surface area contributed by atoms with Crippen LogP contribution in [0.2, 0.25) is 0 Å². The number of ether oxygens (including phenoxy) is 1. The quantitative estimate of drug-likeness (QED) is 0.769. The zero-order chi connectivity index (χ0) is 12.3. The Balaban J connectivity index is 2.41. The molecule has 0 heterocycles. The highest BCUT2D eigenvalue weighted by molar-refractivity contribution is 6.33.